The van der Waals surface area contributed by atoms with Crippen LogP contribution in [0.3, 0.4) is 0 Å². The summed E-state index contributed by atoms with van der Waals surface area (Å²) in [6.45, 7) is 0. The first-order valence-electron chi connectivity index (χ1n) is 0.500. The molecular weight excluding hydrogens is 173 g/mol. The Balaban J connectivity index is -0.0000000450. The number of hydrogen-bond donors (Lipinski definition) is 0. The van der Waals surface area contributed by atoms with Gasteiger partial charge in [-0.3, -0.25) is 0 Å². The van der Waals surface area contributed by atoms with Gasteiger partial charge in [0.05, 0.1) is 0 Å². The summed E-state index contributed by atoms with van der Waals surface area (Å²) in [6, 6.07) is 0. The predicted molar refractivity (Wildman–Crippen MR) is 19.3 cm³/mol. The summed E-state index contributed by atoms with van der Waals surface area (Å²) in [5, 5.41) is 0. The van der Waals surface area contributed by atoms with Gasteiger partial charge in [-0.05, 0) is 0 Å². The molecule has 6 heavy (non-hydrogen) atoms. The maximum Gasteiger partial charge on any atom is 0 e. The van der Waals surface area contributed by atoms with Crippen molar-refractivity contribution in [3.05, 3.63) is 0 Å². The van der Waals surface area contributed by atoms with E-state index in [-0.39, 0.29) is 59.1 Å². The van der Waals surface area contributed by atoms with Crippen LogP contribution in [-0.4, -0.2) is 72.8 Å². The van der Waals surface area contributed by atoms with Crippen LogP contribution >= 0.6 is 0 Å². The Labute approximate surface area is 82.9 Å². The Morgan fingerprint density at radius 3 is 0.833 bits per heavy atom. The molecule has 0 aliphatic rings. The molecule has 0 aromatic carbocycles. The summed E-state index contributed by atoms with van der Waals surface area (Å²) in [5.74, 6) is 0. The first-order valence-corrected chi connectivity index (χ1v) is 2.60. The molecule has 0 atom stereocenters. The molecule has 0 rings (SSSR count). The molecule has 0 aromatic rings. The largest absolute Gasteiger partial charge is 0 e. The van der Waals surface area contributed by atoms with Gasteiger partial charge in [-0.1, -0.05) is 0 Å². The van der Waals surface area contributed by atoms with Crippen molar-refractivity contribution in [2.45, 2.75) is 0 Å². The Morgan fingerprint density at radius 2 is 0.833 bits per heavy atom. The Bertz CT molecular complexity index is 78.2. The third-order valence-electron chi connectivity index (χ3n) is 0. The van der Waals surface area contributed by atoms with Crippen LogP contribution in [0.1, 0.15) is 0 Å². The second kappa shape index (κ2) is 10.0. The molecule has 2 radical (unpaired) electrons. The summed E-state index contributed by atoms with van der Waals surface area (Å²) in [4.78, 5) is 0. The fourth-order valence-electron chi connectivity index (χ4n) is 0. The molecule has 0 fully saturated rings. The third-order valence-corrected chi connectivity index (χ3v) is 0. The predicted octanol–water partition coefficient (Wildman–Crippen LogP) is -1.50. The van der Waals surface area contributed by atoms with E-state index in [9.17, 15) is 0 Å². The van der Waals surface area contributed by atoms with Gasteiger partial charge in [0.25, 0.3) is 0 Å². The van der Waals surface area contributed by atoms with Crippen LogP contribution in [0, 0.1) is 0 Å². The summed E-state index contributed by atoms with van der Waals surface area (Å²) in [5.41, 5.74) is 0. The van der Waals surface area contributed by atoms with E-state index < -0.39 is 13.7 Å². The van der Waals surface area contributed by atoms with E-state index in [1.165, 1.54) is 0 Å². The van der Waals surface area contributed by atoms with E-state index in [4.69, 9.17) is 11.5 Å². The van der Waals surface area contributed by atoms with E-state index >= 15 is 0 Å². The quantitative estimate of drug-likeness (QED) is 0.419. The summed E-state index contributed by atoms with van der Waals surface area (Å²) >= 11 is -3.79. The monoisotopic (exact) mass is 174 g/mol. The minimum Gasteiger partial charge on any atom is 0 e. The summed E-state index contributed by atoms with van der Waals surface area (Å²) < 4.78 is 25.6. The van der Waals surface area contributed by atoms with Gasteiger partial charge in [0.15, 0.2) is 0 Å². The number of rotatable bonds is 0. The molecule has 0 aromatic heterocycles. The molecule has 6 heteroatoms. The van der Waals surface area contributed by atoms with Gasteiger partial charge in [0.1, 0.15) is 0 Å². The molecule has 0 saturated carbocycles. The van der Waals surface area contributed by atoms with Gasteiger partial charge < -0.3 is 0 Å². The Morgan fingerprint density at radius 1 is 0.833 bits per heavy atom. The maximum atomic E-state index is 8.54. The molecule has 3 nitrogen and oxygen atoms in total. The van der Waals surface area contributed by atoms with Crippen LogP contribution in [0.15, 0.2) is 0 Å². The van der Waals surface area contributed by atoms with Gasteiger partial charge in [0.2, 0.25) is 0 Å². The fraction of sp³-hybridized carbons (Fsp3) is 0. The maximum absolute atomic E-state index is 8.54. The molecule has 0 heterocycles. The normalized spacial score (nSPS) is 4.00. The van der Waals surface area contributed by atoms with Crippen molar-refractivity contribution in [2.75, 3.05) is 0 Å². The second-order valence-electron chi connectivity index (χ2n) is 0.204. The van der Waals surface area contributed by atoms with Gasteiger partial charge in [-0.15, -0.1) is 0 Å². The molecule has 0 aliphatic carbocycles. The van der Waals surface area contributed by atoms with Gasteiger partial charge in [0, 0.05) is 59.1 Å². The van der Waals surface area contributed by atoms with Gasteiger partial charge in [-0.2, -0.15) is 0 Å². The summed E-state index contributed by atoms with van der Waals surface area (Å²) in [6.07, 6.45) is 0. The van der Waals surface area contributed by atoms with E-state index in [2.05, 4.69) is 0 Å². The van der Waals surface area contributed by atoms with Crippen molar-refractivity contribution < 1.29 is 11.5 Å². The van der Waals surface area contributed by atoms with Gasteiger partial charge >= 0.3 is 25.2 Å². The van der Waals surface area contributed by atoms with Crippen LogP contribution in [0.25, 0.3) is 0 Å². The van der Waals surface area contributed by atoms with Crippen molar-refractivity contribution in [3.63, 3.8) is 0 Å². The van der Waals surface area contributed by atoms with Crippen LogP contribution in [0.5, 0.6) is 0 Å². The fourth-order valence-corrected chi connectivity index (χ4v) is 0. The van der Waals surface area contributed by atoms with E-state index in [1.807, 2.05) is 0 Å². The van der Waals surface area contributed by atoms with E-state index in [0.29, 0.717) is 0 Å². The molecule has 26 valence electrons. The van der Waals surface area contributed by atoms with Crippen LogP contribution in [0.2, 0.25) is 0 Å². The third kappa shape index (κ3) is 38.9. The average Bonchev–Trinajstić information content (AvgIpc) is 0.811. The van der Waals surface area contributed by atoms with Crippen LogP contribution in [0.4, 0.5) is 0 Å². The Hall–Kier alpha value is 1.92. The van der Waals surface area contributed by atoms with Gasteiger partial charge in [-0.25, -0.2) is 0 Å². The molecule has 0 aliphatic heterocycles. The van der Waals surface area contributed by atoms with Crippen molar-refractivity contribution in [2.24, 2.45) is 0 Å². The van der Waals surface area contributed by atoms with Crippen molar-refractivity contribution >= 4 is 72.8 Å². The van der Waals surface area contributed by atoms with E-state index in [0.717, 1.165) is 0 Å². The van der Waals surface area contributed by atoms with Crippen molar-refractivity contribution in [1.29, 1.82) is 0 Å². The van der Waals surface area contributed by atoms with Crippen molar-refractivity contribution in [3.8, 4) is 0 Å². The molecule has 0 bridgehead atoms. The minimum absolute atomic E-state index is 0. The SMILES string of the molecule is O=[Se](=O)=O.[Na].[Na]. The van der Waals surface area contributed by atoms with Crippen LogP contribution < -0.4 is 0 Å². The smallest absolute Gasteiger partial charge is 0 e. The minimum atomic E-state index is -3.79. The second-order valence-corrected chi connectivity index (χ2v) is 1.06. The average molecular weight is 173 g/mol. The molecule has 0 amide bonds. The molecule has 0 N–H and O–H groups in total. The first kappa shape index (κ1) is 15.7. The van der Waals surface area contributed by atoms with E-state index in [1.54, 1.807) is 0 Å². The number of hydrogen-bond acceptors (Lipinski definition) is 3. The standard InChI is InChI=1S/2Na.O3Se/c;;1-4(2)3. The zero-order chi connectivity index (χ0) is 3.58. The zero-order valence-electron chi connectivity index (χ0n) is 3.63. The molecule has 0 unspecified atom stereocenters. The topological polar surface area (TPSA) is 51.2 Å². The first-order chi connectivity index (χ1) is 1.73. The zero-order valence-corrected chi connectivity index (χ0v) is 9.35. The summed E-state index contributed by atoms with van der Waals surface area (Å²) in [7, 11) is 0. The molecule has 0 spiro atoms. The Kier molecular flexibility index (Phi) is 26.2. The van der Waals surface area contributed by atoms with Crippen LogP contribution in [-0.2, 0) is 11.5 Å². The molecular formula is Na2O3Se. The molecule has 0 saturated heterocycles. The van der Waals surface area contributed by atoms with Crippen molar-refractivity contribution in [1.82, 2.24) is 0 Å².